The number of nitrogens with zero attached hydrogens (tertiary/aromatic N) is 1. The molecule has 7 heteroatoms. The molecule has 5 nitrogen and oxygen atoms in total. The Bertz CT molecular complexity index is 837. The number of morpholine rings is 1. The lowest BCUT2D eigenvalue weighted by molar-refractivity contribution is -0.144. The predicted octanol–water partition coefficient (Wildman–Crippen LogP) is 4.93. The highest BCUT2D eigenvalue weighted by atomic mass is 127. The molecule has 2 aliphatic rings. The van der Waals surface area contributed by atoms with E-state index in [0.717, 1.165) is 11.1 Å². The maximum atomic E-state index is 12.4. The van der Waals surface area contributed by atoms with Crippen LogP contribution in [0.5, 0.6) is 0 Å². The Morgan fingerprint density at radius 1 is 1.43 bits per heavy atom. The van der Waals surface area contributed by atoms with Crippen LogP contribution in [-0.4, -0.2) is 50.9 Å². The van der Waals surface area contributed by atoms with E-state index in [2.05, 4.69) is 41.7 Å². The number of aliphatic hydroxyl groups is 1. The van der Waals surface area contributed by atoms with Gasteiger partial charge in [0, 0.05) is 13.0 Å². The summed E-state index contributed by atoms with van der Waals surface area (Å²) in [5, 5.41) is 11.9. The molecule has 1 heterocycles. The first-order valence-corrected chi connectivity index (χ1v) is 11.5. The van der Waals surface area contributed by atoms with Crippen molar-refractivity contribution in [2.45, 2.75) is 41.0 Å². The molecule has 1 aromatic carbocycles. The molecule has 3 unspecified atom stereocenters. The number of halogens is 2. The summed E-state index contributed by atoms with van der Waals surface area (Å²) >= 11 is 8.18. The van der Waals surface area contributed by atoms with E-state index in [4.69, 9.17) is 21.1 Å². The molecule has 30 heavy (non-hydrogen) atoms. The van der Waals surface area contributed by atoms with Gasteiger partial charge in [-0.3, -0.25) is 0 Å². The van der Waals surface area contributed by atoms with Crippen molar-refractivity contribution in [3.8, 4) is 0 Å². The van der Waals surface area contributed by atoms with Crippen LogP contribution in [0.25, 0.3) is 0 Å². The number of benzene rings is 1. The van der Waals surface area contributed by atoms with E-state index in [1.807, 2.05) is 48.6 Å². The van der Waals surface area contributed by atoms with E-state index in [-0.39, 0.29) is 9.97 Å². The van der Waals surface area contributed by atoms with Crippen molar-refractivity contribution in [2.75, 3.05) is 19.7 Å². The zero-order valence-electron chi connectivity index (χ0n) is 17.1. The first-order valence-electron chi connectivity index (χ1n) is 9.95. The van der Waals surface area contributed by atoms with Crippen molar-refractivity contribution in [1.82, 2.24) is 4.90 Å². The fourth-order valence-corrected chi connectivity index (χ4v) is 4.08. The first-order chi connectivity index (χ1) is 14.2. The summed E-state index contributed by atoms with van der Waals surface area (Å²) in [6.07, 6.45) is 9.54. The number of carbonyl (C=O) groups is 1. The number of rotatable bonds is 5. The zero-order chi connectivity index (χ0) is 21.8. The van der Waals surface area contributed by atoms with Gasteiger partial charge in [0.05, 0.1) is 16.6 Å². The summed E-state index contributed by atoms with van der Waals surface area (Å²) < 4.78 is 11.0. The summed E-state index contributed by atoms with van der Waals surface area (Å²) in [6, 6.07) is 9.47. The molecule has 0 spiro atoms. The number of carbonyl (C=O) groups excluding carboxylic acids is 1. The minimum atomic E-state index is -1.32. The molecule has 0 bridgehead atoms. The third kappa shape index (κ3) is 5.87. The van der Waals surface area contributed by atoms with Gasteiger partial charge in [0.1, 0.15) is 11.7 Å². The third-order valence-corrected chi connectivity index (χ3v) is 6.03. The molecule has 4 atom stereocenters. The van der Waals surface area contributed by atoms with Gasteiger partial charge in [-0.25, -0.2) is 4.79 Å². The second-order valence-corrected chi connectivity index (χ2v) is 10.7. The largest absolute Gasteiger partial charge is 0.430 e. The van der Waals surface area contributed by atoms with E-state index in [0.29, 0.717) is 19.6 Å². The minimum Gasteiger partial charge on any atom is -0.430 e. The number of amides is 1. The van der Waals surface area contributed by atoms with Gasteiger partial charge < -0.3 is 19.5 Å². The number of ether oxygens (including phenoxy) is 2. The predicted molar refractivity (Wildman–Crippen MR) is 127 cm³/mol. The lowest BCUT2D eigenvalue weighted by Gasteiger charge is -2.42. The van der Waals surface area contributed by atoms with E-state index in [9.17, 15) is 9.90 Å². The first kappa shape index (κ1) is 23.3. The highest BCUT2D eigenvalue weighted by Gasteiger charge is 2.43. The molecule has 3 rings (SSSR count). The molecule has 1 aliphatic heterocycles. The van der Waals surface area contributed by atoms with Crippen molar-refractivity contribution < 1.29 is 19.4 Å². The standard InChI is InChI=1S/C23H27ClINO4/c1-17(24)30-21(27)26-13-14-29-20(16-26)23(28,19-8-4-3-5-9-19)15-18-7-6-11-22(2,25)12-10-18/h3-12,17,20,28H,13-16H2,1-2H3/t17?,20-,22?,23?/m0/s1. The Balaban J connectivity index is 1.88. The van der Waals surface area contributed by atoms with Gasteiger partial charge >= 0.3 is 6.09 Å². The molecule has 0 saturated carbocycles. The molecule has 162 valence electrons. The van der Waals surface area contributed by atoms with Crippen LogP contribution in [-0.2, 0) is 15.1 Å². The number of hydrogen-bond donors (Lipinski definition) is 1. The van der Waals surface area contributed by atoms with Gasteiger partial charge in [-0.1, -0.05) is 94.9 Å². The Morgan fingerprint density at radius 2 is 2.17 bits per heavy atom. The molecular weight excluding hydrogens is 517 g/mol. The SMILES string of the molecule is CC(Cl)OC(=O)N1CCO[C@H](C(O)(CC2=CC=CC(C)(I)C=C2)c2ccccc2)C1. The van der Waals surface area contributed by atoms with Crippen LogP contribution >= 0.6 is 34.2 Å². The minimum absolute atomic E-state index is 0.0823. The van der Waals surface area contributed by atoms with Crippen LogP contribution in [0.15, 0.2) is 66.3 Å². The van der Waals surface area contributed by atoms with Gasteiger partial charge in [-0.05, 0) is 25.0 Å². The van der Waals surface area contributed by atoms with Crippen LogP contribution in [0, 0.1) is 0 Å². The fraction of sp³-hybridized carbons (Fsp3) is 0.435. The fourth-order valence-electron chi connectivity index (χ4n) is 3.62. The molecule has 1 aromatic rings. The molecule has 0 aromatic heterocycles. The van der Waals surface area contributed by atoms with Crippen molar-refractivity contribution in [2.24, 2.45) is 0 Å². The van der Waals surface area contributed by atoms with E-state index in [1.165, 1.54) is 0 Å². The van der Waals surface area contributed by atoms with E-state index >= 15 is 0 Å². The van der Waals surface area contributed by atoms with Crippen LogP contribution in [0.3, 0.4) is 0 Å². The van der Waals surface area contributed by atoms with E-state index < -0.39 is 23.4 Å². The molecule has 0 radical (unpaired) electrons. The molecule has 1 amide bonds. The highest BCUT2D eigenvalue weighted by Crippen LogP contribution is 2.37. The number of allylic oxidation sites excluding steroid dienone is 5. The maximum Gasteiger partial charge on any atom is 0.411 e. The monoisotopic (exact) mass is 543 g/mol. The van der Waals surface area contributed by atoms with Crippen LogP contribution in [0.4, 0.5) is 4.79 Å². The molecular formula is C23H27ClINO4. The van der Waals surface area contributed by atoms with Crippen LogP contribution < -0.4 is 0 Å². The second kappa shape index (κ2) is 9.85. The third-order valence-electron chi connectivity index (χ3n) is 5.22. The van der Waals surface area contributed by atoms with Gasteiger partial charge in [0.25, 0.3) is 0 Å². The van der Waals surface area contributed by atoms with Crippen molar-refractivity contribution >= 4 is 40.3 Å². The quantitative estimate of drug-likeness (QED) is 0.423. The van der Waals surface area contributed by atoms with Gasteiger partial charge in [0.2, 0.25) is 0 Å². The van der Waals surface area contributed by atoms with Gasteiger partial charge in [0.15, 0.2) is 5.56 Å². The van der Waals surface area contributed by atoms with Crippen molar-refractivity contribution in [1.29, 1.82) is 0 Å². The smallest absolute Gasteiger partial charge is 0.411 e. The summed E-state index contributed by atoms with van der Waals surface area (Å²) in [5.74, 6) is 0. The summed E-state index contributed by atoms with van der Waals surface area (Å²) in [7, 11) is 0. The van der Waals surface area contributed by atoms with Gasteiger partial charge in [-0.15, -0.1) is 0 Å². The summed E-state index contributed by atoms with van der Waals surface area (Å²) in [6.45, 7) is 4.63. The number of hydrogen-bond acceptors (Lipinski definition) is 4. The normalized spacial score (nSPS) is 27.0. The molecule has 1 aliphatic carbocycles. The average molecular weight is 544 g/mol. The summed E-state index contributed by atoms with van der Waals surface area (Å²) in [4.78, 5) is 13.9. The summed E-state index contributed by atoms with van der Waals surface area (Å²) in [5.41, 5.74) is -0.308. The van der Waals surface area contributed by atoms with Crippen LogP contribution in [0.1, 0.15) is 25.8 Å². The molecule has 1 N–H and O–H groups in total. The highest BCUT2D eigenvalue weighted by molar-refractivity contribution is 14.1. The Labute approximate surface area is 196 Å². The Morgan fingerprint density at radius 3 is 2.87 bits per heavy atom. The zero-order valence-corrected chi connectivity index (χ0v) is 20.0. The molecule has 1 fully saturated rings. The average Bonchev–Trinajstić information content (AvgIpc) is 2.88. The van der Waals surface area contributed by atoms with Crippen LogP contribution in [0.2, 0.25) is 0 Å². The van der Waals surface area contributed by atoms with E-state index in [1.54, 1.807) is 11.8 Å². The van der Waals surface area contributed by atoms with Crippen molar-refractivity contribution in [3.63, 3.8) is 0 Å². The Kier molecular flexibility index (Phi) is 7.66. The Hall–Kier alpha value is -1.35. The lowest BCUT2D eigenvalue weighted by Crippen LogP contribution is -2.54. The maximum absolute atomic E-state index is 12.4. The topological polar surface area (TPSA) is 59.0 Å². The van der Waals surface area contributed by atoms with Crippen molar-refractivity contribution in [3.05, 3.63) is 71.8 Å². The van der Waals surface area contributed by atoms with Gasteiger partial charge in [-0.2, -0.15) is 0 Å². The molecule has 1 saturated heterocycles. The lowest BCUT2D eigenvalue weighted by atomic mass is 9.81. The second-order valence-electron chi connectivity index (χ2n) is 7.78. The number of alkyl halides is 2.